The first kappa shape index (κ1) is 13.6. The minimum Gasteiger partial charge on any atom is -0.491 e. The van der Waals surface area contributed by atoms with Gasteiger partial charge in [-0.15, -0.1) is 0 Å². The average Bonchev–Trinajstić information content (AvgIpc) is 2.96. The van der Waals surface area contributed by atoms with E-state index in [-0.39, 0.29) is 23.3 Å². The van der Waals surface area contributed by atoms with Crippen molar-refractivity contribution in [2.45, 2.75) is 12.5 Å². The third kappa shape index (κ3) is 2.90. The van der Waals surface area contributed by atoms with Crippen molar-refractivity contribution in [2.24, 2.45) is 0 Å². The first-order valence-electron chi connectivity index (χ1n) is 6.38. The van der Waals surface area contributed by atoms with Gasteiger partial charge in [0.15, 0.2) is 12.0 Å². The molecular formula is C14H12ClN3O3. The highest BCUT2D eigenvalue weighted by Crippen LogP contribution is 2.27. The lowest BCUT2D eigenvalue weighted by atomic mass is 10.0. The molecule has 6 nitrogen and oxygen atoms in total. The molecule has 1 unspecified atom stereocenters. The van der Waals surface area contributed by atoms with Crippen LogP contribution in [0.4, 0.5) is 0 Å². The largest absolute Gasteiger partial charge is 0.491 e. The number of rotatable bonds is 3. The van der Waals surface area contributed by atoms with Gasteiger partial charge in [-0.05, 0) is 36.2 Å². The first-order chi connectivity index (χ1) is 10.2. The normalized spacial score (nSPS) is 16.7. The molecular weight excluding hydrogens is 294 g/mol. The molecule has 2 N–H and O–H groups in total. The minimum atomic E-state index is -0.349. The molecule has 0 bridgehead atoms. The van der Waals surface area contributed by atoms with Crippen LogP contribution in [0, 0.1) is 0 Å². The lowest BCUT2D eigenvalue weighted by Gasteiger charge is -2.25. The number of carbonyl (C=O) groups excluding carboxylic acids is 2. The van der Waals surface area contributed by atoms with Gasteiger partial charge < -0.3 is 10.1 Å². The highest BCUT2D eigenvalue weighted by atomic mass is 35.5. The summed E-state index contributed by atoms with van der Waals surface area (Å²) < 4.78 is 5.60. The average molecular weight is 306 g/mol. The lowest BCUT2D eigenvalue weighted by Crippen LogP contribution is -2.42. The van der Waals surface area contributed by atoms with Crippen LogP contribution in [0.15, 0.2) is 24.3 Å². The zero-order chi connectivity index (χ0) is 14.8. The SMILES string of the molecule is O=Cc1cc(C(=O)NC2COc3ccc(Cl)cc3C2)n[nH]1. The molecule has 0 aliphatic carbocycles. The van der Waals surface area contributed by atoms with Crippen LogP contribution in [0.5, 0.6) is 5.75 Å². The predicted molar refractivity (Wildman–Crippen MR) is 75.9 cm³/mol. The summed E-state index contributed by atoms with van der Waals surface area (Å²) in [6, 6.07) is 6.65. The molecule has 3 rings (SSSR count). The Bertz CT molecular complexity index is 699. The summed E-state index contributed by atoms with van der Waals surface area (Å²) in [6.45, 7) is 0.380. The summed E-state index contributed by atoms with van der Waals surface area (Å²) in [5, 5.41) is 9.71. The number of hydrogen-bond donors (Lipinski definition) is 2. The lowest BCUT2D eigenvalue weighted by molar-refractivity contribution is 0.0910. The van der Waals surface area contributed by atoms with Gasteiger partial charge >= 0.3 is 0 Å². The maximum absolute atomic E-state index is 12.0. The van der Waals surface area contributed by atoms with Gasteiger partial charge in [-0.1, -0.05) is 11.6 Å². The number of hydrogen-bond acceptors (Lipinski definition) is 4. The highest BCUT2D eigenvalue weighted by molar-refractivity contribution is 6.30. The van der Waals surface area contributed by atoms with Crippen molar-refractivity contribution in [3.8, 4) is 5.75 Å². The topological polar surface area (TPSA) is 84.1 Å². The number of aromatic amines is 1. The van der Waals surface area contributed by atoms with Gasteiger partial charge in [0.1, 0.15) is 12.4 Å². The fraction of sp³-hybridized carbons (Fsp3) is 0.214. The van der Waals surface area contributed by atoms with Crippen LogP contribution in [0.2, 0.25) is 5.02 Å². The summed E-state index contributed by atoms with van der Waals surface area (Å²) in [4.78, 5) is 22.6. The molecule has 0 spiro atoms. The molecule has 0 fully saturated rings. The van der Waals surface area contributed by atoms with Crippen LogP contribution < -0.4 is 10.1 Å². The number of benzene rings is 1. The van der Waals surface area contributed by atoms with Crippen molar-refractivity contribution in [2.75, 3.05) is 6.61 Å². The fourth-order valence-electron chi connectivity index (χ4n) is 2.23. The van der Waals surface area contributed by atoms with E-state index < -0.39 is 0 Å². The van der Waals surface area contributed by atoms with E-state index in [0.717, 1.165) is 11.3 Å². The Hall–Kier alpha value is -2.34. The number of amides is 1. The van der Waals surface area contributed by atoms with Gasteiger partial charge in [-0.3, -0.25) is 14.7 Å². The third-order valence-corrected chi connectivity index (χ3v) is 3.46. The number of aromatic nitrogens is 2. The van der Waals surface area contributed by atoms with Crippen LogP contribution in [-0.4, -0.2) is 35.0 Å². The second kappa shape index (κ2) is 5.57. The molecule has 1 aliphatic rings. The molecule has 7 heteroatoms. The summed E-state index contributed by atoms with van der Waals surface area (Å²) in [6.07, 6.45) is 1.23. The van der Waals surface area contributed by atoms with Crippen LogP contribution in [0.25, 0.3) is 0 Å². The van der Waals surface area contributed by atoms with Crippen molar-refractivity contribution in [1.29, 1.82) is 0 Å². The summed E-state index contributed by atoms with van der Waals surface area (Å²) in [5.74, 6) is 0.436. The van der Waals surface area contributed by atoms with E-state index in [1.807, 2.05) is 12.1 Å². The van der Waals surface area contributed by atoms with E-state index in [9.17, 15) is 9.59 Å². The zero-order valence-electron chi connectivity index (χ0n) is 10.9. The maximum atomic E-state index is 12.0. The Balaban J connectivity index is 1.69. The molecule has 2 heterocycles. The zero-order valence-corrected chi connectivity index (χ0v) is 11.7. The molecule has 0 saturated carbocycles. The van der Waals surface area contributed by atoms with Crippen molar-refractivity contribution in [3.05, 3.63) is 46.2 Å². The Morgan fingerprint density at radius 3 is 3.10 bits per heavy atom. The van der Waals surface area contributed by atoms with E-state index in [1.165, 1.54) is 6.07 Å². The smallest absolute Gasteiger partial charge is 0.272 e. The highest BCUT2D eigenvalue weighted by Gasteiger charge is 2.23. The Labute approximate surface area is 125 Å². The number of halogens is 1. The molecule has 1 aromatic heterocycles. The van der Waals surface area contributed by atoms with Crippen molar-refractivity contribution in [1.82, 2.24) is 15.5 Å². The third-order valence-electron chi connectivity index (χ3n) is 3.22. The number of fused-ring (bicyclic) bond motifs is 1. The Kier molecular flexibility index (Phi) is 3.62. The molecule has 21 heavy (non-hydrogen) atoms. The molecule has 1 amide bonds. The molecule has 2 aromatic rings. The Morgan fingerprint density at radius 2 is 2.33 bits per heavy atom. The second-order valence-corrected chi connectivity index (χ2v) is 5.20. The van der Waals surface area contributed by atoms with Crippen molar-refractivity contribution >= 4 is 23.8 Å². The predicted octanol–water partition coefficient (Wildman–Crippen LogP) is 1.61. The van der Waals surface area contributed by atoms with Crippen LogP contribution in [0.3, 0.4) is 0 Å². The summed E-state index contributed by atoms with van der Waals surface area (Å²) in [5.41, 5.74) is 1.39. The second-order valence-electron chi connectivity index (χ2n) is 4.76. The van der Waals surface area contributed by atoms with E-state index in [1.54, 1.807) is 6.07 Å². The standard InChI is InChI=1S/C14H12ClN3O3/c15-9-1-2-13-8(3-9)4-11(7-21-13)16-14(20)12-5-10(6-19)17-18-12/h1-3,5-6,11H,4,7H2,(H,16,20)(H,17,18). The van der Waals surface area contributed by atoms with E-state index in [4.69, 9.17) is 16.3 Å². The van der Waals surface area contributed by atoms with Crippen LogP contribution in [0.1, 0.15) is 26.5 Å². The van der Waals surface area contributed by atoms with E-state index in [2.05, 4.69) is 15.5 Å². The Morgan fingerprint density at radius 1 is 1.48 bits per heavy atom. The summed E-state index contributed by atoms with van der Waals surface area (Å²) in [7, 11) is 0. The van der Waals surface area contributed by atoms with Gasteiger partial charge in [0.05, 0.1) is 11.7 Å². The number of H-pyrrole nitrogens is 1. The monoisotopic (exact) mass is 305 g/mol. The van der Waals surface area contributed by atoms with Crippen LogP contribution >= 0.6 is 11.6 Å². The number of aldehydes is 1. The molecule has 0 radical (unpaired) electrons. The maximum Gasteiger partial charge on any atom is 0.272 e. The van der Waals surface area contributed by atoms with Gasteiger partial charge in [-0.2, -0.15) is 5.10 Å². The quantitative estimate of drug-likeness (QED) is 0.844. The molecule has 108 valence electrons. The molecule has 1 aromatic carbocycles. The van der Waals surface area contributed by atoms with Gasteiger partial charge in [0.2, 0.25) is 0 Å². The fourth-order valence-corrected chi connectivity index (χ4v) is 2.42. The van der Waals surface area contributed by atoms with Crippen LogP contribution in [-0.2, 0) is 6.42 Å². The van der Waals surface area contributed by atoms with Gasteiger partial charge in [-0.25, -0.2) is 0 Å². The molecule has 0 saturated heterocycles. The van der Waals surface area contributed by atoms with E-state index >= 15 is 0 Å². The molecule has 1 aliphatic heterocycles. The summed E-state index contributed by atoms with van der Waals surface area (Å²) >= 11 is 5.95. The van der Waals surface area contributed by atoms with Crippen molar-refractivity contribution in [3.63, 3.8) is 0 Å². The van der Waals surface area contributed by atoms with Gasteiger partial charge in [0.25, 0.3) is 5.91 Å². The number of nitrogens with one attached hydrogen (secondary N) is 2. The molecule has 1 atom stereocenters. The van der Waals surface area contributed by atoms with E-state index in [0.29, 0.717) is 24.3 Å². The number of nitrogens with zero attached hydrogens (tertiary/aromatic N) is 1. The van der Waals surface area contributed by atoms with Gasteiger partial charge in [0, 0.05) is 5.02 Å². The first-order valence-corrected chi connectivity index (χ1v) is 6.76. The number of ether oxygens (including phenoxy) is 1. The minimum absolute atomic E-state index is 0.167. The van der Waals surface area contributed by atoms with Crippen molar-refractivity contribution < 1.29 is 14.3 Å². The number of carbonyl (C=O) groups is 2.